The maximum absolute atomic E-state index is 9.64. The first-order valence-corrected chi connectivity index (χ1v) is 2.22. The Balaban J connectivity index is 2.95. The largest absolute Gasteiger partial charge is 0.768 e. The standard InChI is InChI=1S/H5N4O2P/c1-3(5)7-4(2)6/h7H,1-2H2/q-2. The molecule has 44 valence electrons. The lowest BCUT2D eigenvalue weighted by Crippen LogP contribution is -2.23. The lowest BCUT2D eigenvalue weighted by atomic mass is 12.8. The van der Waals surface area contributed by atoms with E-state index >= 15 is 0 Å². The highest BCUT2D eigenvalue weighted by atomic mass is 31.1. The van der Waals surface area contributed by atoms with Crippen LogP contribution in [0.5, 0.6) is 0 Å². The average Bonchev–Trinajstić information content (AvgIpc) is 1.27. The van der Waals surface area contributed by atoms with E-state index in [9.17, 15) is 10.4 Å². The second-order valence-corrected chi connectivity index (χ2v) is 1.83. The molecule has 0 fully saturated rings. The summed E-state index contributed by atoms with van der Waals surface area (Å²) in [5, 5.41) is 19.3. The van der Waals surface area contributed by atoms with Crippen LogP contribution >= 0.6 is 8.88 Å². The monoisotopic (exact) mass is 124 g/mol. The maximum atomic E-state index is 9.64. The summed E-state index contributed by atoms with van der Waals surface area (Å²) in [4.78, 5) is -0.0694. The van der Waals surface area contributed by atoms with Crippen molar-refractivity contribution < 1.29 is 0 Å². The Morgan fingerprint density at radius 1 is 1.14 bits per heavy atom. The number of nitrogens with two attached hydrogens (primary N) is 2. The Labute approximate surface area is 42.0 Å². The van der Waals surface area contributed by atoms with E-state index < -0.39 is 8.88 Å². The predicted molar refractivity (Wildman–Crippen MR) is 27.1 cm³/mol. The molecule has 0 aliphatic carbocycles. The molecule has 0 saturated carbocycles. The van der Waals surface area contributed by atoms with Crippen LogP contribution in [0, 0.1) is 10.4 Å². The van der Waals surface area contributed by atoms with Crippen LogP contribution in [0.3, 0.4) is 0 Å². The number of hydrazine groups is 2. The molecule has 0 unspecified atom stereocenters. The highest BCUT2D eigenvalue weighted by molar-refractivity contribution is 7.32. The second-order valence-electron chi connectivity index (χ2n) is 0.752. The molecule has 0 aliphatic heterocycles. The molecular weight excluding hydrogens is 119 g/mol. The summed E-state index contributed by atoms with van der Waals surface area (Å²) >= 11 is 0. The fraction of sp³-hybridized carbons (Fsp3) is 0. The van der Waals surface area contributed by atoms with E-state index in [1.54, 1.807) is 0 Å². The zero-order valence-electron chi connectivity index (χ0n) is 3.37. The molecule has 0 amide bonds. The molecule has 0 aliphatic rings. The van der Waals surface area contributed by atoms with Gasteiger partial charge in [0, 0.05) is 8.88 Å². The topological polar surface area (TPSA) is 105 Å². The van der Waals surface area contributed by atoms with Crippen molar-refractivity contribution in [2.45, 2.75) is 0 Å². The Morgan fingerprint density at radius 2 is 1.43 bits per heavy atom. The average molecular weight is 124 g/mol. The smallest absolute Gasteiger partial charge is 0.0270 e. The first-order chi connectivity index (χ1) is 3.13. The van der Waals surface area contributed by atoms with E-state index in [0.29, 0.717) is 0 Å². The second kappa shape index (κ2) is 3.23. The number of rotatable bonds is 2. The highest BCUT2D eigenvalue weighted by Gasteiger charge is 1.76. The van der Waals surface area contributed by atoms with E-state index in [4.69, 9.17) is 0 Å². The van der Waals surface area contributed by atoms with Crippen molar-refractivity contribution in [1.82, 2.24) is 9.89 Å². The molecule has 0 atom stereocenters. The zero-order chi connectivity index (χ0) is 5.86. The van der Waals surface area contributed by atoms with Crippen molar-refractivity contribution >= 4 is 8.88 Å². The van der Waals surface area contributed by atoms with E-state index in [2.05, 4.69) is 11.7 Å². The summed E-state index contributed by atoms with van der Waals surface area (Å²) < 4.78 is 0. The minimum absolute atomic E-state index is 0.0347. The van der Waals surface area contributed by atoms with Crippen LogP contribution in [0.25, 0.3) is 0 Å². The van der Waals surface area contributed by atoms with Crippen molar-refractivity contribution in [2.24, 2.45) is 11.7 Å². The Bertz CT molecular complexity index is 39.0. The summed E-state index contributed by atoms with van der Waals surface area (Å²) in [6, 6.07) is 0. The van der Waals surface area contributed by atoms with E-state index in [1.165, 1.54) is 0 Å². The van der Waals surface area contributed by atoms with E-state index in [0.717, 1.165) is 0 Å². The normalized spacial score (nSPS) is 11.1. The Morgan fingerprint density at radius 3 is 1.43 bits per heavy atom. The lowest BCUT2D eigenvalue weighted by molar-refractivity contribution is 0.574. The van der Waals surface area contributed by atoms with Crippen LogP contribution < -0.4 is 11.7 Å². The lowest BCUT2D eigenvalue weighted by Gasteiger charge is -2.30. The third kappa shape index (κ3) is 6.19. The van der Waals surface area contributed by atoms with E-state index in [-0.39, 0.29) is 9.89 Å². The number of hydrogen-bond acceptors (Lipinski definition) is 6. The Hall–Kier alpha value is 0.190. The molecule has 0 aromatic carbocycles. The molecule has 0 heterocycles. The molecule has 0 rings (SSSR count). The minimum atomic E-state index is -0.744. The van der Waals surface area contributed by atoms with Crippen molar-refractivity contribution in [2.75, 3.05) is 0 Å². The summed E-state index contributed by atoms with van der Waals surface area (Å²) in [7, 11) is -0.744. The van der Waals surface area contributed by atoms with Gasteiger partial charge in [0.2, 0.25) is 0 Å². The van der Waals surface area contributed by atoms with E-state index in [1.807, 2.05) is 0 Å². The summed E-state index contributed by atoms with van der Waals surface area (Å²) in [5.74, 6) is 8.92. The van der Waals surface area contributed by atoms with Crippen LogP contribution in [0.1, 0.15) is 0 Å². The minimum Gasteiger partial charge on any atom is -0.768 e. The van der Waals surface area contributed by atoms with Crippen molar-refractivity contribution in [3.63, 3.8) is 0 Å². The summed E-state index contributed by atoms with van der Waals surface area (Å²) in [6.07, 6.45) is 0. The van der Waals surface area contributed by atoms with Crippen molar-refractivity contribution in [1.29, 1.82) is 0 Å². The van der Waals surface area contributed by atoms with Crippen LogP contribution in [-0.4, -0.2) is 9.89 Å². The molecule has 4 N–H and O–H groups in total. The predicted octanol–water partition coefficient (Wildman–Crippen LogP) is -1.16. The van der Waals surface area contributed by atoms with Gasteiger partial charge in [0.25, 0.3) is 0 Å². The molecule has 0 aromatic heterocycles. The highest BCUT2D eigenvalue weighted by Crippen LogP contribution is 2.10. The van der Waals surface area contributed by atoms with Gasteiger partial charge in [-0.25, -0.2) is 0 Å². The first-order valence-electron chi connectivity index (χ1n) is 1.33. The van der Waals surface area contributed by atoms with Gasteiger partial charge in [-0.3, -0.25) is 21.6 Å². The van der Waals surface area contributed by atoms with Gasteiger partial charge < -0.3 is 10.4 Å². The van der Waals surface area contributed by atoms with Crippen molar-refractivity contribution in [3.05, 3.63) is 10.4 Å². The molecular formula is H5N4O2P-2. The first kappa shape index (κ1) is 7.19. The van der Waals surface area contributed by atoms with Gasteiger partial charge >= 0.3 is 0 Å². The van der Waals surface area contributed by atoms with Crippen LogP contribution in [0.15, 0.2) is 0 Å². The van der Waals surface area contributed by atoms with Gasteiger partial charge in [0.15, 0.2) is 0 Å². The quantitative estimate of drug-likeness (QED) is 0.273. The van der Waals surface area contributed by atoms with Gasteiger partial charge in [-0.1, -0.05) is 0 Å². The number of hydrogen-bond donors (Lipinski definition) is 2. The van der Waals surface area contributed by atoms with Crippen LogP contribution in [0.4, 0.5) is 0 Å². The zero-order valence-corrected chi connectivity index (χ0v) is 4.37. The van der Waals surface area contributed by atoms with Gasteiger partial charge in [0.05, 0.1) is 0 Å². The SMILES string of the molecule is NN([O-])PN(N)[O-]. The maximum Gasteiger partial charge on any atom is 0.0270 e. The van der Waals surface area contributed by atoms with Crippen molar-refractivity contribution in [3.8, 4) is 0 Å². The molecule has 6 nitrogen and oxygen atoms in total. The molecule has 0 saturated heterocycles. The third-order valence-corrected chi connectivity index (χ3v) is 0.591. The van der Waals surface area contributed by atoms with Crippen LogP contribution in [-0.2, 0) is 0 Å². The molecule has 0 radical (unpaired) electrons. The van der Waals surface area contributed by atoms with Gasteiger partial charge in [-0.15, -0.1) is 0 Å². The van der Waals surface area contributed by atoms with Crippen LogP contribution in [0.2, 0.25) is 0 Å². The molecule has 0 bridgehead atoms. The van der Waals surface area contributed by atoms with Gasteiger partial charge in [0.1, 0.15) is 0 Å². The summed E-state index contributed by atoms with van der Waals surface area (Å²) in [5.41, 5.74) is 0. The molecule has 7 heteroatoms. The fourth-order valence-corrected chi connectivity index (χ4v) is 0.291. The number of nitrogens with zero attached hydrogens (tertiary/aromatic N) is 2. The van der Waals surface area contributed by atoms with Gasteiger partial charge in [-0.2, -0.15) is 0 Å². The summed E-state index contributed by atoms with van der Waals surface area (Å²) in [6.45, 7) is 0. The molecule has 7 heavy (non-hydrogen) atoms. The van der Waals surface area contributed by atoms with Gasteiger partial charge in [-0.05, 0) is 0 Å². The molecule has 0 spiro atoms. The molecule has 0 aromatic rings. The third-order valence-electron chi connectivity index (χ3n) is 0.197. The Kier molecular flexibility index (Phi) is 3.31. The fourth-order valence-electron chi connectivity index (χ4n) is 0.0971.